The predicted molar refractivity (Wildman–Crippen MR) is 58.7 cm³/mol. The first-order valence-corrected chi connectivity index (χ1v) is 6.07. The molecule has 2 aliphatic rings. The zero-order valence-corrected chi connectivity index (χ0v) is 9.32. The summed E-state index contributed by atoms with van der Waals surface area (Å²) in [7, 11) is 0. The highest BCUT2D eigenvalue weighted by atomic mass is 16.5. The number of piperidine rings is 2. The van der Waals surface area contributed by atoms with Gasteiger partial charge in [-0.3, -0.25) is 4.90 Å². The monoisotopic (exact) mass is 214 g/mol. The average Bonchev–Trinajstić information content (AvgIpc) is 2.28. The Morgan fingerprint density at radius 1 is 1.27 bits per heavy atom. The molecule has 0 aromatic heterocycles. The molecular weight excluding hydrogens is 192 g/mol. The largest absolute Gasteiger partial charge is 0.392 e. The number of hydrogen-bond acceptors (Lipinski definition) is 4. The van der Waals surface area contributed by atoms with Gasteiger partial charge < -0.3 is 15.2 Å². The summed E-state index contributed by atoms with van der Waals surface area (Å²) in [6.45, 7) is 4.70. The number of hydrogen-bond donors (Lipinski definition) is 2. The third kappa shape index (κ3) is 3.72. The van der Waals surface area contributed by atoms with E-state index >= 15 is 0 Å². The zero-order valence-electron chi connectivity index (χ0n) is 9.32. The van der Waals surface area contributed by atoms with Gasteiger partial charge in [0, 0.05) is 13.1 Å². The van der Waals surface area contributed by atoms with Crippen LogP contribution in [-0.2, 0) is 4.74 Å². The van der Waals surface area contributed by atoms with Gasteiger partial charge in [0.25, 0.3) is 0 Å². The van der Waals surface area contributed by atoms with Gasteiger partial charge in [0.1, 0.15) is 0 Å². The molecule has 0 aliphatic carbocycles. The van der Waals surface area contributed by atoms with Gasteiger partial charge in [-0.05, 0) is 38.8 Å². The molecule has 88 valence electrons. The fourth-order valence-corrected chi connectivity index (χ4v) is 2.32. The number of ether oxygens (including phenoxy) is 1. The standard InChI is InChI=1S/C11H22N2O2/c14-10-2-1-7-13(8-10)9-15-11-3-5-12-6-4-11/h10-12,14H,1-9H2. The molecule has 0 aromatic rings. The molecule has 2 heterocycles. The first kappa shape index (κ1) is 11.3. The molecule has 1 unspecified atom stereocenters. The van der Waals surface area contributed by atoms with Crippen LogP contribution in [0.4, 0.5) is 0 Å². The summed E-state index contributed by atoms with van der Waals surface area (Å²) >= 11 is 0. The first-order chi connectivity index (χ1) is 7.34. The van der Waals surface area contributed by atoms with Crippen LogP contribution in [0, 0.1) is 0 Å². The van der Waals surface area contributed by atoms with Gasteiger partial charge in [-0.2, -0.15) is 0 Å². The maximum absolute atomic E-state index is 9.51. The lowest BCUT2D eigenvalue weighted by atomic mass is 10.1. The molecule has 4 heteroatoms. The minimum Gasteiger partial charge on any atom is -0.392 e. The van der Waals surface area contributed by atoms with Crippen molar-refractivity contribution in [2.75, 3.05) is 32.9 Å². The third-order valence-corrected chi connectivity index (χ3v) is 3.26. The van der Waals surface area contributed by atoms with Crippen LogP contribution in [0.25, 0.3) is 0 Å². The molecule has 15 heavy (non-hydrogen) atoms. The minimum absolute atomic E-state index is 0.143. The number of nitrogens with zero attached hydrogens (tertiary/aromatic N) is 1. The van der Waals surface area contributed by atoms with E-state index in [1.165, 1.54) is 0 Å². The van der Waals surface area contributed by atoms with Crippen molar-refractivity contribution in [1.82, 2.24) is 10.2 Å². The van der Waals surface area contributed by atoms with Gasteiger partial charge in [0.05, 0.1) is 18.9 Å². The molecular formula is C11H22N2O2. The summed E-state index contributed by atoms with van der Waals surface area (Å²) < 4.78 is 5.85. The molecule has 2 rings (SSSR count). The number of aliphatic hydroxyl groups excluding tert-OH is 1. The second-order valence-electron chi connectivity index (χ2n) is 4.62. The first-order valence-electron chi connectivity index (χ1n) is 6.07. The molecule has 2 saturated heterocycles. The van der Waals surface area contributed by atoms with E-state index in [1.807, 2.05) is 0 Å². The normalized spacial score (nSPS) is 30.6. The van der Waals surface area contributed by atoms with E-state index in [9.17, 15) is 5.11 Å². The Labute approximate surface area is 91.6 Å². The second kappa shape index (κ2) is 5.80. The summed E-state index contributed by atoms with van der Waals surface area (Å²) in [5, 5.41) is 12.8. The lowest BCUT2D eigenvalue weighted by Crippen LogP contribution is -2.41. The van der Waals surface area contributed by atoms with Crippen LogP contribution in [0.2, 0.25) is 0 Å². The van der Waals surface area contributed by atoms with Crippen molar-refractivity contribution < 1.29 is 9.84 Å². The molecule has 0 saturated carbocycles. The average molecular weight is 214 g/mol. The number of rotatable bonds is 3. The predicted octanol–water partition coefficient (Wildman–Crippen LogP) is 0.169. The van der Waals surface area contributed by atoms with Crippen LogP contribution in [0.5, 0.6) is 0 Å². The fraction of sp³-hybridized carbons (Fsp3) is 1.00. The van der Waals surface area contributed by atoms with Crippen LogP contribution in [0.1, 0.15) is 25.7 Å². The molecule has 0 aromatic carbocycles. The SMILES string of the molecule is OC1CCCN(COC2CCNCC2)C1. The number of aliphatic hydroxyl groups is 1. The van der Waals surface area contributed by atoms with E-state index < -0.39 is 0 Å². The van der Waals surface area contributed by atoms with Crippen molar-refractivity contribution in [2.24, 2.45) is 0 Å². The lowest BCUT2D eigenvalue weighted by molar-refractivity contribution is -0.0581. The summed E-state index contributed by atoms with van der Waals surface area (Å²) in [4.78, 5) is 2.22. The summed E-state index contributed by atoms with van der Waals surface area (Å²) in [5.74, 6) is 0. The molecule has 0 amide bonds. The van der Waals surface area contributed by atoms with E-state index in [4.69, 9.17) is 4.74 Å². The van der Waals surface area contributed by atoms with Gasteiger partial charge >= 0.3 is 0 Å². The van der Waals surface area contributed by atoms with Crippen molar-refractivity contribution in [3.8, 4) is 0 Å². The Balaban J connectivity index is 1.63. The van der Waals surface area contributed by atoms with Crippen LogP contribution < -0.4 is 5.32 Å². The molecule has 2 N–H and O–H groups in total. The quantitative estimate of drug-likeness (QED) is 0.703. The molecule has 1 atom stereocenters. The van der Waals surface area contributed by atoms with Gasteiger partial charge in [-0.1, -0.05) is 0 Å². The Morgan fingerprint density at radius 2 is 2.07 bits per heavy atom. The summed E-state index contributed by atoms with van der Waals surface area (Å²) in [6.07, 6.45) is 4.56. The van der Waals surface area contributed by atoms with E-state index in [0.717, 1.165) is 51.9 Å². The number of β-amino-alcohol motifs (C(OH)–C–C–N with tert-alkyl or cyclic N) is 1. The molecule has 2 aliphatic heterocycles. The summed E-state index contributed by atoms with van der Waals surface area (Å²) in [5.41, 5.74) is 0. The van der Waals surface area contributed by atoms with Crippen LogP contribution in [0.15, 0.2) is 0 Å². The van der Waals surface area contributed by atoms with E-state index in [-0.39, 0.29) is 6.10 Å². The van der Waals surface area contributed by atoms with E-state index in [0.29, 0.717) is 12.8 Å². The van der Waals surface area contributed by atoms with E-state index in [1.54, 1.807) is 0 Å². The fourth-order valence-electron chi connectivity index (χ4n) is 2.32. The van der Waals surface area contributed by atoms with E-state index in [2.05, 4.69) is 10.2 Å². The highest BCUT2D eigenvalue weighted by molar-refractivity contribution is 4.71. The van der Waals surface area contributed by atoms with Gasteiger partial charge in [0.2, 0.25) is 0 Å². The Morgan fingerprint density at radius 3 is 2.80 bits per heavy atom. The number of likely N-dealkylation sites (tertiary alicyclic amines) is 1. The third-order valence-electron chi connectivity index (χ3n) is 3.26. The van der Waals surface area contributed by atoms with Gasteiger partial charge in [-0.15, -0.1) is 0 Å². The van der Waals surface area contributed by atoms with Crippen molar-refractivity contribution in [2.45, 2.75) is 37.9 Å². The Kier molecular flexibility index (Phi) is 4.38. The lowest BCUT2D eigenvalue weighted by Gasteiger charge is -2.32. The topological polar surface area (TPSA) is 44.7 Å². The molecule has 2 fully saturated rings. The van der Waals surface area contributed by atoms with Crippen molar-refractivity contribution >= 4 is 0 Å². The highest BCUT2D eigenvalue weighted by Crippen LogP contribution is 2.12. The maximum Gasteiger partial charge on any atom is 0.0994 e. The van der Waals surface area contributed by atoms with Gasteiger partial charge in [0.15, 0.2) is 0 Å². The molecule has 4 nitrogen and oxygen atoms in total. The van der Waals surface area contributed by atoms with Crippen molar-refractivity contribution in [1.29, 1.82) is 0 Å². The molecule has 0 bridgehead atoms. The zero-order chi connectivity index (χ0) is 10.5. The van der Waals surface area contributed by atoms with Crippen LogP contribution >= 0.6 is 0 Å². The van der Waals surface area contributed by atoms with Crippen molar-refractivity contribution in [3.63, 3.8) is 0 Å². The van der Waals surface area contributed by atoms with Crippen LogP contribution in [-0.4, -0.2) is 55.1 Å². The Hall–Kier alpha value is -0.160. The smallest absolute Gasteiger partial charge is 0.0994 e. The second-order valence-corrected chi connectivity index (χ2v) is 4.62. The van der Waals surface area contributed by atoms with Crippen LogP contribution in [0.3, 0.4) is 0 Å². The highest BCUT2D eigenvalue weighted by Gasteiger charge is 2.19. The molecule has 0 radical (unpaired) electrons. The van der Waals surface area contributed by atoms with Crippen molar-refractivity contribution in [3.05, 3.63) is 0 Å². The molecule has 0 spiro atoms. The summed E-state index contributed by atoms with van der Waals surface area (Å²) in [6, 6.07) is 0. The maximum atomic E-state index is 9.51. The Bertz CT molecular complexity index is 183. The number of nitrogens with one attached hydrogen (secondary N) is 1. The van der Waals surface area contributed by atoms with Gasteiger partial charge in [-0.25, -0.2) is 0 Å². The minimum atomic E-state index is -0.143.